The molecule has 0 amide bonds. The van der Waals surface area contributed by atoms with E-state index in [0.29, 0.717) is 19.8 Å². The Balaban J connectivity index is 2.25. The summed E-state index contributed by atoms with van der Waals surface area (Å²) in [5.74, 6) is -0.606. The number of carbonyl (C=O) groups excluding carboxylic acids is 2. The second-order valence-electron chi connectivity index (χ2n) is 4.83. The highest BCUT2D eigenvalue weighted by molar-refractivity contribution is 6.04. The molecule has 0 bridgehead atoms. The molecule has 0 aliphatic carbocycles. The molecule has 5 nitrogen and oxygen atoms in total. The molecule has 0 radical (unpaired) electrons. The van der Waals surface area contributed by atoms with Gasteiger partial charge in [0, 0.05) is 18.9 Å². The van der Waals surface area contributed by atoms with Gasteiger partial charge in [-0.2, -0.15) is 0 Å². The van der Waals surface area contributed by atoms with E-state index in [9.17, 15) is 9.59 Å². The predicted molar refractivity (Wildman–Crippen MR) is 63.1 cm³/mol. The third-order valence-electron chi connectivity index (χ3n) is 3.80. The van der Waals surface area contributed by atoms with Gasteiger partial charge < -0.3 is 14.2 Å². The normalized spacial score (nSPS) is 33.2. The smallest absolute Gasteiger partial charge is 0.322 e. The molecule has 0 saturated carbocycles. The lowest BCUT2D eigenvalue weighted by Gasteiger charge is -2.40. The molecule has 0 spiro atoms. The first-order chi connectivity index (χ1) is 8.71. The second kappa shape index (κ2) is 5.80. The molecular weight excluding hydrogens is 236 g/mol. The number of hydrogen-bond acceptors (Lipinski definition) is 5. The fourth-order valence-electron chi connectivity index (χ4n) is 2.78. The van der Waals surface area contributed by atoms with Gasteiger partial charge in [-0.3, -0.25) is 9.59 Å². The van der Waals surface area contributed by atoms with Crippen LogP contribution in [0.15, 0.2) is 0 Å². The summed E-state index contributed by atoms with van der Waals surface area (Å²) in [4.78, 5) is 24.5. The summed E-state index contributed by atoms with van der Waals surface area (Å²) >= 11 is 0. The topological polar surface area (TPSA) is 61.8 Å². The van der Waals surface area contributed by atoms with Gasteiger partial charge in [0.25, 0.3) is 0 Å². The van der Waals surface area contributed by atoms with Gasteiger partial charge in [-0.05, 0) is 19.8 Å². The van der Waals surface area contributed by atoms with Gasteiger partial charge in [0.2, 0.25) is 0 Å². The number of Topliss-reactive ketones (excluding diaryl/α,β-unsaturated/α-hetero) is 1. The summed E-state index contributed by atoms with van der Waals surface area (Å²) in [6, 6.07) is 0. The van der Waals surface area contributed by atoms with Crippen molar-refractivity contribution in [2.45, 2.75) is 26.2 Å². The molecule has 2 aliphatic rings. The number of ether oxygens (including phenoxy) is 3. The van der Waals surface area contributed by atoms with Crippen molar-refractivity contribution in [1.29, 1.82) is 0 Å². The molecule has 18 heavy (non-hydrogen) atoms. The summed E-state index contributed by atoms with van der Waals surface area (Å²) in [5, 5.41) is 0. The highest BCUT2D eigenvalue weighted by Gasteiger charge is 2.54. The van der Waals surface area contributed by atoms with Gasteiger partial charge in [0.1, 0.15) is 0 Å². The molecule has 2 unspecified atom stereocenters. The molecule has 0 aromatic rings. The maximum absolute atomic E-state index is 12.3. The number of hydrogen-bond donors (Lipinski definition) is 0. The molecule has 0 N–H and O–H groups in total. The van der Waals surface area contributed by atoms with E-state index in [1.807, 2.05) is 0 Å². The monoisotopic (exact) mass is 256 g/mol. The molecule has 0 aromatic heterocycles. The SMILES string of the molecule is CCOC(=O)C1(C2CCCOC2)COCCC1=O. The second-order valence-corrected chi connectivity index (χ2v) is 4.83. The van der Waals surface area contributed by atoms with E-state index in [-0.39, 0.29) is 31.3 Å². The Hall–Kier alpha value is -0.940. The number of esters is 1. The Kier molecular flexibility index (Phi) is 4.35. The first-order valence-electron chi connectivity index (χ1n) is 6.58. The van der Waals surface area contributed by atoms with Crippen molar-refractivity contribution in [2.75, 3.05) is 33.0 Å². The number of carbonyl (C=O) groups is 2. The third-order valence-corrected chi connectivity index (χ3v) is 3.80. The minimum absolute atomic E-state index is 0.0531. The van der Waals surface area contributed by atoms with E-state index < -0.39 is 11.4 Å². The summed E-state index contributed by atoms with van der Waals surface area (Å²) in [6.07, 6.45) is 1.97. The zero-order valence-electron chi connectivity index (χ0n) is 10.8. The van der Waals surface area contributed by atoms with Crippen molar-refractivity contribution in [3.8, 4) is 0 Å². The van der Waals surface area contributed by atoms with Crippen LogP contribution in [0.4, 0.5) is 0 Å². The van der Waals surface area contributed by atoms with Crippen molar-refractivity contribution < 1.29 is 23.8 Å². The summed E-state index contributed by atoms with van der Waals surface area (Å²) in [5.41, 5.74) is -1.13. The molecule has 2 aliphatic heterocycles. The Morgan fingerprint density at radius 3 is 2.89 bits per heavy atom. The van der Waals surface area contributed by atoms with E-state index in [1.54, 1.807) is 6.92 Å². The van der Waals surface area contributed by atoms with E-state index in [4.69, 9.17) is 14.2 Å². The molecule has 2 saturated heterocycles. The van der Waals surface area contributed by atoms with Gasteiger partial charge in [0.05, 0.1) is 26.4 Å². The van der Waals surface area contributed by atoms with Crippen LogP contribution in [0, 0.1) is 11.3 Å². The lowest BCUT2D eigenvalue weighted by Crippen LogP contribution is -2.55. The molecule has 2 rings (SSSR count). The van der Waals surface area contributed by atoms with Crippen LogP contribution in [0.5, 0.6) is 0 Å². The largest absolute Gasteiger partial charge is 0.465 e. The zero-order chi connectivity index (χ0) is 13.0. The van der Waals surface area contributed by atoms with Crippen LogP contribution < -0.4 is 0 Å². The molecule has 0 aromatic carbocycles. The molecule has 2 fully saturated rings. The van der Waals surface area contributed by atoms with Crippen LogP contribution in [0.1, 0.15) is 26.2 Å². The standard InChI is InChI=1S/C13H20O5/c1-2-18-12(15)13(9-17-7-5-11(13)14)10-4-3-6-16-8-10/h10H,2-9H2,1H3. The van der Waals surface area contributed by atoms with Crippen molar-refractivity contribution in [3.05, 3.63) is 0 Å². The van der Waals surface area contributed by atoms with E-state index in [2.05, 4.69) is 0 Å². The van der Waals surface area contributed by atoms with Crippen LogP contribution in [0.25, 0.3) is 0 Å². The molecule has 5 heteroatoms. The fraction of sp³-hybridized carbons (Fsp3) is 0.846. The van der Waals surface area contributed by atoms with E-state index in [0.717, 1.165) is 12.8 Å². The highest BCUT2D eigenvalue weighted by atomic mass is 16.5. The molecular formula is C13H20O5. The average molecular weight is 256 g/mol. The van der Waals surface area contributed by atoms with Crippen molar-refractivity contribution in [3.63, 3.8) is 0 Å². The third kappa shape index (κ3) is 2.29. The Morgan fingerprint density at radius 2 is 2.28 bits per heavy atom. The van der Waals surface area contributed by atoms with Crippen molar-refractivity contribution in [2.24, 2.45) is 11.3 Å². The maximum Gasteiger partial charge on any atom is 0.322 e. The average Bonchev–Trinajstić information content (AvgIpc) is 2.41. The van der Waals surface area contributed by atoms with Gasteiger partial charge in [0.15, 0.2) is 11.2 Å². The van der Waals surface area contributed by atoms with Crippen molar-refractivity contribution >= 4 is 11.8 Å². The van der Waals surface area contributed by atoms with Gasteiger partial charge >= 0.3 is 5.97 Å². The molecule has 2 heterocycles. The summed E-state index contributed by atoms with van der Waals surface area (Å²) < 4.78 is 15.9. The number of rotatable bonds is 3. The zero-order valence-corrected chi connectivity index (χ0v) is 10.8. The van der Waals surface area contributed by atoms with Crippen molar-refractivity contribution in [1.82, 2.24) is 0 Å². The highest BCUT2D eigenvalue weighted by Crippen LogP contribution is 2.39. The predicted octanol–water partition coefficient (Wildman–Crippen LogP) is 0.952. The lowest BCUT2D eigenvalue weighted by atomic mass is 9.68. The lowest BCUT2D eigenvalue weighted by molar-refractivity contribution is -0.179. The first kappa shape index (κ1) is 13.5. The Morgan fingerprint density at radius 1 is 1.44 bits per heavy atom. The van der Waals surface area contributed by atoms with Crippen LogP contribution in [0.2, 0.25) is 0 Å². The minimum atomic E-state index is -1.13. The first-order valence-corrected chi connectivity index (χ1v) is 6.58. The fourth-order valence-corrected chi connectivity index (χ4v) is 2.78. The Labute approximate surface area is 107 Å². The molecule has 102 valence electrons. The van der Waals surface area contributed by atoms with Gasteiger partial charge in [-0.1, -0.05) is 0 Å². The van der Waals surface area contributed by atoms with Gasteiger partial charge in [-0.25, -0.2) is 0 Å². The van der Waals surface area contributed by atoms with Crippen LogP contribution in [0.3, 0.4) is 0 Å². The molecule has 2 atom stereocenters. The van der Waals surface area contributed by atoms with E-state index in [1.165, 1.54) is 0 Å². The van der Waals surface area contributed by atoms with Gasteiger partial charge in [-0.15, -0.1) is 0 Å². The summed E-state index contributed by atoms with van der Waals surface area (Å²) in [6.45, 7) is 3.70. The Bertz CT molecular complexity index is 321. The quantitative estimate of drug-likeness (QED) is 0.556. The van der Waals surface area contributed by atoms with Crippen LogP contribution >= 0.6 is 0 Å². The van der Waals surface area contributed by atoms with Crippen LogP contribution in [-0.2, 0) is 23.8 Å². The maximum atomic E-state index is 12.3. The summed E-state index contributed by atoms with van der Waals surface area (Å²) in [7, 11) is 0. The number of ketones is 1. The minimum Gasteiger partial charge on any atom is -0.465 e. The van der Waals surface area contributed by atoms with Crippen LogP contribution in [-0.4, -0.2) is 44.8 Å². The van der Waals surface area contributed by atoms with E-state index >= 15 is 0 Å².